The minimum Gasteiger partial charge on any atom is -0.354 e. The molecular weight excluding hydrogens is 270 g/mol. The number of rotatable bonds is 1. The van der Waals surface area contributed by atoms with E-state index in [-0.39, 0.29) is 11.4 Å². The Morgan fingerprint density at radius 2 is 2.00 bits per heavy atom. The Balaban J connectivity index is 1.73. The summed E-state index contributed by atoms with van der Waals surface area (Å²) in [5.74, 6) is -0.00754. The minimum absolute atomic E-state index is 0.00754. The van der Waals surface area contributed by atoms with Gasteiger partial charge >= 0.3 is 0 Å². The normalized spacial score (nSPS) is 20.0. The van der Waals surface area contributed by atoms with Crippen molar-refractivity contribution in [1.82, 2.24) is 4.98 Å². The average Bonchev–Trinajstić information content (AvgIpc) is 2.87. The second-order valence-corrected chi connectivity index (χ2v) is 5.69. The molecule has 1 amide bonds. The van der Waals surface area contributed by atoms with Crippen LogP contribution >= 0.6 is 11.8 Å². The van der Waals surface area contributed by atoms with Gasteiger partial charge in [0.1, 0.15) is 0 Å². The molecule has 0 saturated heterocycles. The standard InChI is InChI=1S/C15H11N3OS/c19-14-9-13(11-6-3-4-8-16-11)20-15-17-10-5-1-2-7-12(10)18(14)15/h1-9,15,17H. The average molecular weight is 281 g/mol. The first-order chi connectivity index (χ1) is 9.83. The lowest BCUT2D eigenvalue weighted by Crippen LogP contribution is -2.39. The van der Waals surface area contributed by atoms with Crippen molar-refractivity contribution >= 4 is 33.9 Å². The summed E-state index contributed by atoms with van der Waals surface area (Å²) >= 11 is 1.61. The van der Waals surface area contributed by atoms with Gasteiger partial charge in [0.15, 0.2) is 5.50 Å². The highest BCUT2D eigenvalue weighted by atomic mass is 32.2. The summed E-state index contributed by atoms with van der Waals surface area (Å²) in [7, 11) is 0. The lowest BCUT2D eigenvalue weighted by Gasteiger charge is -2.28. The zero-order valence-corrected chi connectivity index (χ0v) is 11.3. The van der Waals surface area contributed by atoms with Gasteiger partial charge in [0.2, 0.25) is 0 Å². The van der Waals surface area contributed by atoms with Crippen LogP contribution in [0.1, 0.15) is 5.69 Å². The monoisotopic (exact) mass is 281 g/mol. The quantitative estimate of drug-likeness (QED) is 0.873. The number of thioether (sulfide) groups is 1. The van der Waals surface area contributed by atoms with Crippen LogP contribution in [0.2, 0.25) is 0 Å². The Morgan fingerprint density at radius 3 is 2.85 bits per heavy atom. The Kier molecular flexibility index (Phi) is 2.53. The van der Waals surface area contributed by atoms with Crippen molar-refractivity contribution in [2.75, 3.05) is 10.2 Å². The van der Waals surface area contributed by atoms with Gasteiger partial charge in [-0.1, -0.05) is 30.0 Å². The zero-order valence-electron chi connectivity index (χ0n) is 10.5. The van der Waals surface area contributed by atoms with Gasteiger partial charge in [-0.3, -0.25) is 14.7 Å². The molecule has 1 N–H and O–H groups in total. The van der Waals surface area contributed by atoms with E-state index in [0.717, 1.165) is 22.0 Å². The maximum Gasteiger partial charge on any atom is 0.254 e. The largest absolute Gasteiger partial charge is 0.354 e. The molecule has 0 radical (unpaired) electrons. The molecule has 0 fully saturated rings. The number of nitrogens with zero attached hydrogens (tertiary/aromatic N) is 2. The number of hydrogen-bond donors (Lipinski definition) is 1. The number of carbonyl (C=O) groups excluding carboxylic acids is 1. The highest BCUT2D eigenvalue weighted by Gasteiger charge is 2.37. The molecule has 98 valence electrons. The van der Waals surface area contributed by atoms with Crippen molar-refractivity contribution in [2.24, 2.45) is 0 Å². The van der Waals surface area contributed by atoms with Gasteiger partial charge in [0, 0.05) is 17.2 Å². The van der Waals surface area contributed by atoms with Crippen LogP contribution in [0.3, 0.4) is 0 Å². The van der Waals surface area contributed by atoms with Gasteiger partial charge in [0.05, 0.1) is 17.1 Å². The van der Waals surface area contributed by atoms with Crippen LogP contribution in [-0.4, -0.2) is 16.4 Å². The second-order valence-electron chi connectivity index (χ2n) is 4.56. The first kappa shape index (κ1) is 11.5. The van der Waals surface area contributed by atoms with Gasteiger partial charge in [-0.25, -0.2) is 0 Å². The van der Waals surface area contributed by atoms with E-state index in [9.17, 15) is 4.79 Å². The van der Waals surface area contributed by atoms with Crippen LogP contribution in [0.4, 0.5) is 11.4 Å². The zero-order chi connectivity index (χ0) is 13.5. The maximum atomic E-state index is 12.4. The van der Waals surface area contributed by atoms with Gasteiger partial charge in [0.25, 0.3) is 5.91 Å². The lowest BCUT2D eigenvalue weighted by atomic mass is 10.2. The highest BCUT2D eigenvalue weighted by Crippen LogP contribution is 2.45. The van der Waals surface area contributed by atoms with E-state index < -0.39 is 0 Å². The van der Waals surface area contributed by atoms with Crippen molar-refractivity contribution in [1.29, 1.82) is 0 Å². The van der Waals surface area contributed by atoms with Crippen molar-refractivity contribution in [3.8, 4) is 0 Å². The number of fused-ring (bicyclic) bond motifs is 3. The summed E-state index contributed by atoms with van der Waals surface area (Å²) < 4.78 is 0. The van der Waals surface area contributed by atoms with Crippen LogP contribution in [0, 0.1) is 0 Å². The summed E-state index contributed by atoms with van der Waals surface area (Å²) in [6.45, 7) is 0. The molecule has 3 heterocycles. The van der Waals surface area contributed by atoms with E-state index in [1.54, 1.807) is 28.9 Å². The number of amides is 1. The Hall–Kier alpha value is -2.27. The summed E-state index contributed by atoms with van der Waals surface area (Å²) in [6.07, 6.45) is 3.40. The molecule has 1 unspecified atom stereocenters. The molecular formula is C15H11N3OS. The van der Waals surface area contributed by atoms with Crippen molar-refractivity contribution in [2.45, 2.75) is 5.50 Å². The molecule has 1 aromatic heterocycles. The number of anilines is 2. The molecule has 4 nitrogen and oxygen atoms in total. The number of hydrogen-bond acceptors (Lipinski definition) is 4. The van der Waals surface area contributed by atoms with E-state index in [2.05, 4.69) is 10.3 Å². The second kappa shape index (κ2) is 4.38. The summed E-state index contributed by atoms with van der Waals surface area (Å²) in [5.41, 5.74) is 2.67. The first-order valence-corrected chi connectivity index (χ1v) is 7.19. The summed E-state index contributed by atoms with van der Waals surface area (Å²) in [4.78, 5) is 19.4. The van der Waals surface area contributed by atoms with Crippen LogP contribution < -0.4 is 10.2 Å². The molecule has 2 aliphatic heterocycles. The predicted octanol–water partition coefficient (Wildman–Crippen LogP) is 2.91. The number of carbonyl (C=O) groups is 1. The number of pyridine rings is 1. The topological polar surface area (TPSA) is 45.2 Å². The lowest BCUT2D eigenvalue weighted by molar-refractivity contribution is -0.114. The molecule has 1 atom stereocenters. The Bertz CT molecular complexity index is 714. The third-order valence-corrected chi connectivity index (χ3v) is 4.46. The molecule has 2 aliphatic rings. The molecule has 4 rings (SSSR count). The molecule has 2 aromatic rings. The fourth-order valence-electron chi connectivity index (χ4n) is 2.42. The van der Waals surface area contributed by atoms with Crippen molar-refractivity contribution in [3.63, 3.8) is 0 Å². The molecule has 1 aromatic carbocycles. The predicted molar refractivity (Wildman–Crippen MR) is 81.1 cm³/mol. The summed E-state index contributed by atoms with van der Waals surface area (Å²) in [5, 5.41) is 3.37. The molecule has 20 heavy (non-hydrogen) atoms. The maximum absolute atomic E-state index is 12.4. The first-order valence-electron chi connectivity index (χ1n) is 6.31. The molecule has 5 heteroatoms. The molecule has 0 aliphatic carbocycles. The van der Waals surface area contributed by atoms with E-state index in [1.165, 1.54) is 0 Å². The smallest absolute Gasteiger partial charge is 0.254 e. The van der Waals surface area contributed by atoms with Crippen LogP contribution in [0.25, 0.3) is 4.91 Å². The Labute approximate surface area is 120 Å². The van der Waals surface area contributed by atoms with Crippen LogP contribution in [-0.2, 0) is 4.79 Å². The van der Waals surface area contributed by atoms with E-state index in [1.807, 2.05) is 42.5 Å². The van der Waals surface area contributed by atoms with E-state index >= 15 is 0 Å². The highest BCUT2D eigenvalue weighted by molar-refractivity contribution is 8.09. The van der Waals surface area contributed by atoms with Gasteiger partial charge in [-0.2, -0.15) is 0 Å². The van der Waals surface area contributed by atoms with Crippen molar-refractivity contribution < 1.29 is 4.79 Å². The van der Waals surface area contributed by atoms with Gasteiger partial charge < -0.3 is 5.32 Å². The van der Waals surface area contributed by atoms with Crippen LogP contribution in [0.15, 0.2) is 54.7 Å². The van der Waals surface area contributed by atoms with Crippen molar-refractivity contribution in [3.05, 3.63) is 60.4 Å². The number of para-hydroxylation sites is 2. The van der Waals surface area contributed by atoms with Gasteiger partial charge in [-0.15, -0.1) is 0 Å². The number of nitrogens with one attached hydrogen (secondary N) is 1. The molecule has 0 saturated carbocycles. The minimum atomic E-state index is -0.0955. The molecule has 0 spiro atoms. The fraction of sp³-hybridized carbons (Fsp3) is 0.0667. The fourth-order valence-corrected chi connectivity index (χ4v) is 3.58. The number of benzene rings is 1. The Morgan fingerprint density at radius 1 is 1.15 bits per heavy atom. The number of aromatic nitrogens is 1. The van der Waals surface area contributed by atoms with E-state index in [0.29, 0.717) is 0 Å². The third kappa shape index (κ3) is 1.71. The molecule has 0 bridgehead atoms. The third-order valence-electron chi connectivity index (χ3n) is 3.33. The van der Waals surface area contributed by atoms with E-state index in [4.69, 9.17) is 0 Å². The summed E-state index contributed by atoms with van der Waals surface area (Å²) in [6, 6.07) is 13.6. The SMILES string of the molecule is O=C1C=C(c2ccccn2)SC2Nc3ccccc3N12. The van der Waals surface area contributed by atoms with Crippen LogP contribution in [0.5, 0.6) is 0 Å². The van der Waals surface area contributed by atoms with Gasteiger partial charge in [-0.05, 0) is 24.3 Å².